The molecule has 1 aliphatic rings. The fourth-order valence-electron chi connectivity index (χ4n) is 1.59. The topological polar surface area (TPSA) is 20.3 Å². The second-order valence-corrected chi connectivity index (χ2v) is 4.61. The summed E-state index contributed by atoms with van der Waals surface area (Å²) in [5.74, 6) is 0.145. The van der Waals surface area contributed by atoms with Crippen LogP contribution in [-0.2, 0) is 11.3 Å². The quantitative estimate of drug-likeness (QED) is 0.716. The molecular formula is C12H15NOS. The highest BCUT2D eigenvalue weighted by Crippen LogP contribution is 2.28. The first-order valence-corrected chi connectivity index (χ1v) is 6.20. The van der Waals surface area contributed by atoms with E-state index in [1.807, 2.05) is 17.9 Å². The molecule has 1 fully saturated rings. The Morgan fingerprint density at radius 1 is 1.67 bits per heavy atom. The van der Waals surface area contributed by atoms with E-state index in [9.17, 15) is 4.79 Å². The van der Waals surface area contributed by atoms with Crippen LogP contribution >= 0.6 is 11.3 Å². The number of allylic oxidation sites excluding steroid dienone is 1. The third-order valence-electron chi connectivity index (χ3n) is 2.51. The molecule has 0 atom stereocenters. The number of amides is 1. The SMILES string of the molecule is CC=CC(=O)N(Cc1ccsc1)C1CC1. The van der Waals surface area contributed by atoms with Crippen molar-refractivity contribution in [2.24, 2.45) is 0 Å². The van der Waals surface area contributed by atoms with Gasteiger partial charge < -0.3 is 4.90 Å². The Morgan fingerprint density at radius 2 is 2.47 bits per heavy atom. The first-order chi connectivity index (χ1) is 7.31. The molecule has 1 aromatic rings. The predicted octanol–water partition coefficient (Wildman–Crippen LogP) is 2.82. The Labute approximate surface area is 94.2 Å². The van der Waals surface area contributed by atoms with Crippen molar-refractivity contribution in [3.63, 3.8) is 0 Å². The number of hydrogen-bond donors (Lipinski definition) is 0. The average molecular weight is 221 g/mol. The summed E-state index contributed by atoms with van der Waals surface area (Å²) < 4.78 is 0. The Kier molecular flexibility index (Phi) is 3.21. The first kappa shape index (κ1) is 10.4. The molecule has 0 aromatic carbocycles. The summed E-state index contributed by atoms with van der Waals surface area (Å²) in [7, 11) is 0. The molecule has 1 amide bonds. The second-order valence-electron chi connectivity index (χ2n) is 3.83. The Bertz CT molecular complexity index is 352. The van der Waals surface area contributed by atoms with E-state index in [-0.39, 0.29) is 5.91 Å². The van der Waals surface area contributed by atoms with Crippen molar-refractivity contribution in [1.82, 2.24) is 4.90 Å². The van der Waals surface area contributed by atoms with Gasteiger partial charge >= 0.3 is 0 Å². The van der Waals surface area contributed by atoms with E-state index in [0.29, 0.717) is 6.04 Å². The number of carbonyl (C=O) groups excluding carboxylic acids is 1. The minimum absolute atomic E-state index is 0.145. The van der Waals surface area contributed by atoms with Crippen LogP contribution in [0.4, 0.5) is 0 Å². The smallest absolute Gasteiger partial charge is 0.246 e. The third kappa shape index (κ3) is 2.69. The molecule has 0 saturated heterocycles. The highest BCUT2D eigenvalue weighted by Gasteiger charge is 2.31. The lowest BCUT2D eigenvalue weighted by atomic mass is 10.3. The summed E-state index contributed by atoms with van der Waals surface area (Å²) in [5.41, 5.74) is 1.24. The van der Waals surface area contributed by atoms with Crippen LogP contribution in [0.15, 0.2) is 29.0 Å². The standard InChI is InChI=1S/C12H15NOS/c1-2-3-12(14)13(11-4-5-11)8-10-6-7-15-9-10/h2-3,6-7,9,11H,4-5,8H2,1H3. The highest BCUT2D eigenvalue weighted by atomic mass is 32.1. The van der Waals surface area contributed by atoms with Crippen molar-refractivity contribution in [2.45, 2.75) is 32.4 Å². The van der Waals surface area contributed by atoms with Crippen molar-refractivity contribution in [3.8, 4) is 0 Å². The number of nitrogens with zero attached hydrogens (tertiary/aromatic N) is 1. The van der Waals surface area contributed by atoms with Gasteiger partial charge in [0.15, 0.2) is 0 Å². The largest absolute Gasteiger partial charge is 0.332 e. The van der Waals surface area contributed by atoms with E-state index >= 15 is 0 Å². The molecule has 1 heterocycles. The van der Waals surface area contributed by atoms with E-state index in [0.717, 1.165) is 19.4 Å². The normalized spacial score (nSPS) is 15.8. The zero-order valence-electron chi connectivity index (χ0n) is 8.85. The van der Waals surface area contributed by atoms with Gasteiger partial charge in [0.2, 0.25) is 5.91 Å². The monoisotopic (exact) mass is 221 g/mol. The van der Waals surface area contributed by atoms with Gasteiger partial charge in [-0.15, -0.1) is 0 Å². The fraction of sp³-hybridized carbons (Fsp3) is 0.417. The molecule has 1 saturated carbocycles. The Morgan fingerprint density at radius 3 is 3.00 bits per heavy atom. The molecular weight excluding hydrogens is 206 g/mol. The summed E-state index contributed by atoms with van der Waals surface area (Å²) in [4.78, 5) is 13.8. The summed E-state index contributed by atoms with van der Waals surface area (Å²) in [6, 6.07) is 2.57. The molecule has 1 aromatic heterocycles. The van der Waals surface area contributed by atoms with Crippen molar-refractivity contribution < 1.29 is 4.79 Å². The van der Waals surface area contributed by atoms with E-state index in [1.54, 1.807) is 17.4 Å². The summed E-state index contributed by atoms with van der Waals surface area (Å²) in [6.07, 6.45) is 5.79. The molecule has 80 valence electrons. The van der Waals surface area contributed by atoms with E-state index in [1.165, 1.54) is 5.56 Å². The molecule has 2 rings (SSSR count). The lowest BCUT2D eigenvalue weighted by molar-refractivity contribution is -0.127. The van der Waals surface area contributed by atoms with Crippen LogP contribution in [-0.4, -0.2) is 16.8 Å². The number of thiophene rings is 1. The number of hydrogen-bond acceptors (Lipinski definition) is 2. The Balaban J connectivity index is 2.03. The third-order valence-corrected chi connectivity index (χ3v) is 3.25. The van der Waals surface area contributed by atoms with Crippen LogP contribution in [0.1, 0.15) is 25.3 Å². The molecule has 1 aliphatic carbocycles. The van der Waals surface area contributed by atoms with Gasteiger partial charge in [-0.2, -0.15) is 11.3 Å². The molecule has 2 nitrogen and oxygen atoms in total. The maximum Gasteiger partial charge on any atom is 0.246 e. The summed E-state index contributed by atoms with van der Waals surface area (Å²) in [5, 5.41) is 4.17. The molecule has 0 spiro atoms. The van der Waals surface area contributed by atoms with E-state index < -0.39 is 0 Å². The van der Waals surface area contributed by atoms with Crippen LogP contribution in [0, 0.1) is 0 Å². The van der Waals surface area contributed by atoms with Crippen LogP contribution in [0.5, 0.6) is 0 Å². The van der Waals surface area contributed by atoms with Gasteiger partial charge in [0.1, 0.15) is 0 Å². The lowest BCUT2D eigenvalue weighted by Gasteiger charge is -2.20. The summed E-state index contributed by atoms with van der Waals surface area (Å²) >= 11 is 1.68. The first-order valence-electron chi connectivity index (χ1n) is 5.25. The van der Waals surface area contributed by atoms with Crippen LogP contribution in [0.3, 0.4) is 0 Å². The van der Waals surface area contributed by atoms with Gasteiger partial charge in [0.05, 0.1) is 0 Å². The molecule has 0 bridgehead atoms. The minimum Gasteiger partial charge on any atom is -0.332 e. The highest BCUT2D eigenvalue weighted by molar-refractivity contribution is 7.07. The van der Waals surface area contributed by atoms with Crippen molar-refractivity contribution in [3.05, 3.63) is 34.5 Å². The molecule has 0 aliphatic heterocycles. The lowest BCUT2D eigenvalue weighted by Crippen LogP contribution is -2.30. The van der Waals surface area contributed by atoms with Gasteiger partial charge in [-0.25, -0.2) is 0 Å². The summed E-state index contributed by atoms with van der Waals surface area (Å²) in [6.45, 7) is 2.64. The van der Waals surface area contributed by atoms with Gasteiger partial charge in [-0.1, -0.05) is 6.08 Å². The minimum atomic E-state index is 0.145. The zero-order chi connectivity index (χ0) is 10.7. The molecule has 0 N–H and O–H groups in total. The van der Waals surface area contributed by atoms with Crippen LogP contribution in [0.25, 0.3) is 0 Å². The fourth-order valence-corrected chi connectivity index (χ4v) is 2.25. The number of carbonyl (C=O) groups is 1. The predicted molar refractivity (Wildman–Crippen MR) is 62.7 cm³/mol. The molecule has 15 heavy (non-hydrogen) atoms. The molecule has 0 radical (unpaired) electrons. The maximum absolute atomic E-state index is 11.8. The average Bonchev–Trinajstić information content (AvgIpc) is 2.93. The van der Waals surface area contributed by atoms with Crippen molar-refractivity contribution in [1.29, 1.82) is 0 Å². The van der Waals surface area contributed by atoms with E-state index in [4.69, 9.17) is 0 Å². The van der Waals surface area contributed by atoms with Gasteiger partial charge in [0.25, 0.3) is 0 Å². The zero-order valence-corrected chi connectivity index (χ0v) is 9.67. The van der Waals surface area contributed by atoms with Crippen molar-refractivity contribution in [2.75, 3.05) is 0 Å². The van der Waals surface area contributed by atoms with E-state index in [2.05, 4.69) is 16.8 Å². The second kappa shape index (κ2) is 4.62. The molecule has 3 heteroatoms. The molecule has 0 unspecified atom stereocenters. The maximum atomic E-state index is 11.8. The van der Waals surface area contributed by atoms with Crippen LogP contribution in [0.2, 0.25) is 0 Å². The Hall–Kier alpha value is -1.09. The van der Waals surface area contributed by atoms with Crippen LogP contribution < -0.4 is 0 Å². The van der Waals surface area contributed by atoms with Gasteiger partial charge in [0, 0.05) is 12.6 Å². The van der Waals surface area contributed by atoms with Gasteiger partial charge in [-0.3, -0.25) is 4.79 Å². The number of rotatable bonds is 4. The van der Waals surface area contributed by atoms with Crippen molar-refractivity contribution >= 4 is 17.2 Å². The van der Waals surface area contributed by atoms with Gasteiger partial charge in [-0.05, 0) is 48.2 Å².